The molecule has 1 fully saturated rings. The number of aryl methyl sites for hydroxylation is 1. The summed E-state index contributed by atoms with van der Waals surface area (Å²) in [5.41, 5.74) is 8.73. The molecule has 2 heterocycles. The lowest BCUT2D eigenvalue weighted by Crippen LogP contribution is -2.36. The highest BCUT2D eigenvalue weighted by Crippen LogP contribution is 2.35. The van der Waals surface area contributed by atoms with E-state index in [-0.39, 0.29) is 0 Å². The Morgan fingerprint density at radius 2 is 2.05 bits per heavy atom. The molecule has 2 aliphatic rings. The van der Waals surface area contributed by atoms with Crippen LogP contribution in [0, 0.1) is 0 Å². The lowest BCUT2D eigenvalue weighted by Gasteiger charge is -2.29. The van der Waals surface area contributed by atoms with Crippen LogP contribution in [-0.2, 0) is 17.6 Å². The third-order valence-corrected chi connectivity index (χ3v) is 4.52. The minimum Gasteiger partial charge on any atom is -0.378 e. The first kappa shape index (κ1) is 12.9. The maximum atomic E-state index is 5.81. The van der Waals surface area contributed by atoms with Gasteiger partial charge in [-0.25, -0.2) is 0 Å². The SMILES string of the molecule is NNc1c2c(nc3ccc(N4CCOCC4)cc13)CCC2. The molecule has 0 radical (unpaired) electrons. The number of morpholine rings is 1. The second-order valence-electron chi connectivity index (χ2n) is 5.71. The number of anilines is 2. The summed E-state index contributed by atoms with van der Waals surface area (Å²) in [7, 11) is 0. The maximum Gasteiger partial charge on any atom is 0.0728 e. The Morgan fingerprint density at radius 1 is 1.19 bits per heavy atom. The van der Waals surface area contributed by atoms with Crippen molar-refractivity contribution >= 4 is 22.3 Å². The molecule has 5 heteroatoms. The number of hydrogen-bond donors (Lipinski definition) is 2. The summed E-state index contributed by atoms with van der Waals surface area (Å²) < 4.78 is 5.43. The van der Waals surface area contributed by atoms with Gasteiger partial charge in [-0.05, 0) is 43.0 Å². The number of nitrogens with one attached hydrogen (secondary N) is 1. The summed E-state index contributed by atoms with van der Waals surface area (Å²) in [6.45, 7) is 3.47. The van der Waals surface area contributed by atoms with Crippen LogP contribution < -0.4 is 16.2 Å². The number of rotatable bonds is 2. The minimum atomic E-state index is 0.794. The first-order valence-electron chi connectivity index (χ1n) is 7.61. The highest BCUT2D eigenvalue weighted by Gasteiger charge is 2.20. The third kappa shape index (κ3) is 2.13. The number of nitrogens with zero attached hydrogens (tertiary/aromatic N) is 2. The average Bonchev–Trinajstić information content (AvgIpc) is 3.01. The predicted octanol–water partition coefficient (Wildman–Crippen LogP) is 1.85. The van der Waals surface area contributed by atoms with Crippen molar-refractivity contribution in [3.05, 3.63) is 29.5 Å². The van der Waals surface area contributed by atoms with E-state index >= 15 is 0 Å². The van der Waals surface area contributed by atoms with Gasteiger partial charge < -0.3 is 15.1 Å². The van der Waals surface area contributed by atoms with E-state index in [9.17, 15) is 0 Å². The van der Waals surface area contributed by atoms with Gasteiger partial charge in [0.1, 0.15) is 0 Å². The zero-order valence-corrected chi connectivity index (χ0v) is 12.1. The lowest BCUT2D eigenvalue weighted by molar-refractivity contribution is 0.122. The summed E-state index contributed by atoms with van der Waals surface area (Å²) in [6, 6.07) is 6.48. The first-order chi connectivity index (χ1) is 10.4. The van der Waals surface area contributed by atoms with Crippen molar-refractivity contribution in [3.8, 4) is 0 Å². The molecule has 4 rings (SSSR count). The standard InChI is InChI=1S/C16H20N4O/c17-19-16-12-2-1-3-14(12)18-15-5-4-11(10-13(15)16)20-6-8-21-9-7-20/h4-5,10H,1-3,6-9,17H2,(H,18,19). The van der Waals surface area contributed by atoms with E-state index in [0.717, 1.165) is 55.7 Å². The van der Waals surface area contributed by atoms with Crippen LogP contribution in [0.15, 0.2) is 18.2 Å². The summed E-state index contributed by atoms with van der Waals surface area (Å²) in [6.07, 6.45) is 3.30. The molecule has 1 aromatic carbocycles. The fourth-order valence-electron chi connectivity index (χ4n) is 3.43. The van der Waals surface area contributed by atoms with E-state index in [0.29, 0.717) is 0 Å². The molecule has 0 atom stereocenters. The summed E-state index contributed by atoms with van der Waals surface area (Å²) in [5.74, 6) is 5.81. The van der Waals surface area contributed by atoms with E-state index in [2.05, 4.69) is 28.5 Å². The summed E-state index contributed by atoms with van der Waals surface area (Å²) >= 11 is 0. The topological polar surface area (TPSA) is 63.4 Å². The van der Waals surface area contributed by atoms with Crippen molar-refractivity contribution in [2.45, 2.75) is 19.3 Å². The maximum absolute atomic E-state index is 5.81. The molecule has 21 heavy (non-hydrogen) atoms. The number of nitrogen functional groups attached to an aromatic ring is 1. The Labute approximate surface area is 124 Å². The summed E-state index contributed by atoms with van der Waals surface area (Å²) in [5, 5.41) is 1.13. The van der Waals surface area contributed by atoms with Crippen LogP contribution in [0.2, 0.25) is 0 Å². The smallest absolute Gasteiger partial charge is 0.0728 e. The van der Waals surface area contributed by atoms with Crippen molar-refractivity contribution in [2.75, 3.05) is 36.6 Å². The van der Waals surface area contributed by atoms with Crippen LogP contribution in [0.3, 0.4) is 0 Å². The Balaban J connectivity index is 1.84. The number of hydrazine groups is 1. The van der Waals surface area contributed by atoms with E-state index in [1.807, 2.05) is 0 Å². The van der Waals surface area contributed by atoms with Crippen LogP contribution in [0.4, 0.5) is 11.4 Å². The third-order valence-electron chi connectivity index (χ3n) is 4.52. The highest BCUT2D eigenvalue weighted by molar-refractivity contribution is 5.95. The molecular weight excluding hydrogens is 264 g/mol. The molecule has 1 aliphatic heterocycles. The van der Waals surface area contributed by atoms with Gasteiger partial charge in [0, 0.05) is 29.9 Å². The van der Waals surface area contributed by atoms with Gasteiger partial charge in [0.25, 0.3) is 0 Å². The van der Waals surface area contributed by atoms with Crippen LogP contribution in [0.1, 0.15) is 17.7 Å². The van der Waals surface area contributed by atoms with Crippen molar-refractivity contribution < 1.29 is 4.74 Å². The molecule has 1 aliphatic carbocycles. The average molecular weight is 284 g/mol. The van der Waals surface area contributed by atoms with Gasteiger partial charge in [-0.2, -0.15) is 0 Å². The van der Waals surface area contributed by atoms with Gasteiger partial charge in [0.2, 0.25) is 0 Å². The van der Waals surface area contributed by atoms with Crippen molar-refractivity contribution in [2.24, 2.45) is 5.84 Å². The van der Waals surface area contributed by atoms with Gasteiger partial charge in [-0.15, -0.1) is 0 Å². The Morgan fingerprint density at radius 3 is 2.86 bits per heavy atom. The minimum absolute atomic E-state index is 0.794. The quantitative estimate of drug-likeness (QED) is 0.651. The number of pyridine rings is 1. The number of nitrogens with two attached hydrogens (primary N) is 1. The highest BCUT2D eigenvalue weighted by atomic mass is 16.5. The molecule has 1 saturated heterocycles. The molecule has 0 bridgehead atoms. The number of ether oxygens (including phenoxy) is 1. The monoisotopic (exact) mass is 284 g/mol. The second kappa shape index (κ2) is 5.16. The fraction of sp³-hybridized carbons (Fsp3) is 0.438. The molecule has 2 aromatic rings. The summed E-state index contributed by atoms with van der Waals surface area (Å²) in [4.78, 5) is 7.17. The zero-order valence-electron chi connectivity index (χ0n) is 12.1. The molecule has 0 saturated carbocycles. The Bertz CT molecular complexity index is 680. The fourth-order valence-corrected chi connectivity index (χ4v) is 3.43. The van der Waals surface area contributed by atoms with Crippen LogP contribution in [-0.4, -0.2) is 31.3 Å². The van der Waals surface area contributed by atoms with Crippen molar-refractivity contribution in [1.29, 1.82) is 0 Å². The van der Waals surface area contributed by atoms with Gasteiger partial charge in [0.15, 0.2) is 0 Å². The van der Waals surface area contributed by atoms with Crippen molar-refractivity contribution in [3.63, 3.8) is 0 Å². The number of fused-ring (bicyclic) bond motifs is 2. The molecular formula is C16H20N4O. The van der Waals surface area contributed by atoms with Crippen LogP contribution >= 0.6 is 0 Å². The number of benzene rings is 1. The van der Waals surface area contributed by atoms with Crippen LogP contribution in [0.25, 0.3) is 10.9 Å². The first-order valence-corrected chi connectivity index (χ1v) is 7.61. The molecule has 0 spiro atoms. The predicted molar refractivity (Wildman–Crippen MR) is 84.6 cm³/mol. The van der Waals surface area contributed by atoms with Crippen molar-refractivity contribution in [1.82, 2.24) is 4.98 Å². The van der Waals surface area contributed by atoms with Gasteiger partial charge in [-0.3, -0.25) is 10.8 Å². The van der Waals surface area contributed by atoms with E-state index in [1.165, 1.54) is 23.4 Å². The molecule has 0 unspecified atom stereocenters. The lowest BCUT2D eigenvalue weighted by atomic mass is 10.1. The van der Waals surface area contributed by atoms with Gasteiger partial charge in [-0.1, -0.05) is 0 Å². The van der Waals surface area contributed by atoms with E-state index < -0.39 is 0 Å². The normalized spacial score (nSPS) is 18.0. The molecule has 1 aromatic heterocycles. The Hall–Kier alpha value is -1.85. The van der Waals surface area contributed by atoms with E-state index in [1.54, 1.807) is 0 Å². The largest absolute Gasteiger partial charge is 0.378 e. The number of hydrogen-bond acceptors (Lipinski definition) is 5. The van der Waals surface area contributed by atoms with Gasteiger partial charge in [0.05, 0.1) is 24.4 Å². The molecule has 3 N–H and O–H groups in total. The van der Waals surface area contributed by atoms with E-state index in [4.69, 9.17) is 15.6 Å². The molecule has 110 valence electrons. The number of aromatic nitrogens is 1. The zero-order chi connectivity index (χ0) is 14.2. The second-order valence-corrected chi connectivity index (χ2v) is 5.71. The molecule has 0 amide bonds. The molecule has 5 nitrogen and oxygen atoms in total. The van der Waals surface area contributed by atoms with Gasteiger partial charge >= 0.3 is 0 Å². The Kier molecular flexibility index (Phi) is 3.16. The van der Waals surface area contributed by atoms with Crippen LogP contribution in [0.5, 0.6) is 0 Å².